The maximum atomic E-state index is 13.5. The standard InChI is InChI=1S/C29H34ClFN4O/c1-4-33(5-2)16-17-35-27-20-23(22-8-11-24(31)12-9-22)10-13-26(27)34(29(35)32)15-6-18-36-28-14-7-21(3)19-25(28)30/h7-14,19-20,32H,4-6,15-18H2,1-3H3. The second-order valence-corrected chi connectivity index (χ2v) is 9.41. The van der Waals surface area contributed by atoms with E-state index in [0.717, 1.165) is 60.3 Å². The SMILES string of the molecule is CCN(CC)CCn1c(=N)n(CCCOc2ccc(C)cc2Cl)c2ccc(-c3ccc(F)cc3)cc21. The molecule has 1 aromatic heterocycles. The molecule has 7 heteroatoms. The number of fused-ring (bicyclic) bond motifs is 1. The van der Waals surface area contributed by atoms with Gasteiger partial charge in [0.05, 0.1) is 22.7 Å². The molecule has 0 spiro atoms. The summed E-state index contributed by atoms with van der Waals surface area (Å²) < 4.78 is 23.5. The van der Waals surface area contributed by atoms with Crippen molar-refractivity contribution in [3.63, 3.8) is 0 Å². The number of rotatable bonds is 11. The van der Waals surface area contributed by atoms with E-state index < -0.39 is 0 Å². The predicted octanol–water partition coefficient (Wildman–Crippen LogP) is 6.50. The van der Waals surface area contributed by atoms with Gasteiger partial charge in [0.25, 0.3) is 0 Å². The third kappa shape index (κ3) is 5.82. The first-order chi connectivity index (χ1) is 17.4. The quantitative estimate of drug-likeness (QED) is 0.235. The number of benzene rings is 3. The number of halogens is 2. The van der Waals surface area contributed by atoms with Gasteiger partial charge in [0.15, 0.2) is 0 Å². The summed E-state index contributed by atoms with van der Waals surface area (Å²) in [5.74, 6) is 0.437. The van der Waals surface area contributed by atoms with E-state index >= 15 is 0 Å². The first-order valence-corrected chi connectivity index (χ1v) is 12.9. The Morgan fingerprint density at radius 3 is 2.28 bits per heavy atom. The zero-order valence-corrected chi connectivity index (χ0v) is 22.0. The number of hydrogen-bond acceptors (Lipinski definition) is 3. The van der Waals surface area contributed by atoms with Crippen LogP contribution in [0.4, 0.5) is 4.39 Å². The van der Waals surface area contributed by atoms with Crippen molar-refractivity contribution in [3.05, 3.63) is 82.7 Å². The van der Waals surface area contributed by atoms with Crippen LogP contribution in [0, 0.1) is 18.2 Å². The molecule has 0 atom stereocenters. The van der Waals surface area contributed by atoms with E-state index in [9.17, 15) is 4.39 Å². The minimum Gasteiger partial charge on any atom is -0.492 e. The number of hydrogen-bond donors (Lipinski definition) is 1. The molecule has 0 unspecified atom stereocenters. The zero-order chi connectivity index (χ0) is 25.7. The van der Waals surface area contributed by atoms with Gasteiger partial charge in [-0.05, 0) is 79.5 Å². The van der Waals surface area contributed by atoms with E-state index in [0.29, 0.717) is 29.5 Å². The molecule has 0 aliphatic rings. The number of nitrogens with one attached hydrogen (secondary N) is 1. The molecule has 3 aromatic carbocycles. The third-order valence-electron chi connectivity index (χ3n) is 6.65. The van der Waals surface area contributed by atoms with Gasteiger partial charge in [0, 0.05) is 19.6 Å². The van der Waals surface area contributed by atoms with Crippen molar-refractivity contribution in [1.82, 2.24) is 14.0 Å². The normalized spacial score (nSPS) is 11.5. The summed E-state index contributed by atoms with van der Waals surface area (Å²) in [5, 5.41) is 9.61. The smallest absolute Gasteiger partial charge is 0.203 e. The average Bonchev–Trinajstić information content (AvgIpc) is 3.14. The maximum absolute atomic E-state index is 13.5. The summed E-state index contributed by atoms with van der Waals surface area (Å²) in [5.41, 5.74) is 5.56. The molecule has 0 saturated carbocycles. The monoisotopic (exact) mass is 508 g/mol. The summed E-state index contributed by atoms with van der Waals surface area (Å²) in [6.45, 7) is 11.0. The minimum absolute atomic E-state index is 0.247. The molecule has 1 N–H and O–H groups in total. The van der Waals surface area contributed by atoms with Gasteiger partial charge in [-0.2, -0.15) is 0 Å². The Bertz CT molecular complexity index is 1370. The Morgan fingerprint density at radius 1 is 0.889 bits per heavy atom. The number of aryl methyl sites for hydroxylation is 2. The Kier molecular flexibility index (Phi) is 8.49. The van der Waals surface area contributed by atoms with Crippen molar-refractivity contribution in [1.29, 1.82) is 5.41 Å². The van der Waals surface area contributed by atoms with Crippen LogP contribution in [0.2, 0.25) is 5.02 Å². The van der Waals surface area contributed by atoms with Crippen LogP contribution in [0.3, 0.4) is 0 Å². The van der Waals surface area contributed by atoms with Crippen molar-refractivity contribution < 1.29 is 9.13 Å². The fraction of sp³-hybridized carbons (Fsp3) is 0.345. The Balaban J connectivity index is 1.60. The summed E-state index contributed by atoms with van der Waals surface area (Å²) in [6.07, 6.45) is 0.746. The molecule has 4 aromatic rings. The van der Waals surface area contributed by atoms with E-state index in [1.807, 2.05) is 35.8 Å². The van der Waals surface area contributed by atoms with Crippen molar-refractivity contribution in [2.24, 2.45) is 0 Å². The second kappa shape index (κ2) is 11.8. The minimum atomic E-state index is -0.247. The van der Waals surface area contributed by atoms with Crippen LogP contribution in [-0.4, -0.2) is 40.3 Å². The zero-order valence-electron chi connectivity index (χ0n) is 21.2. The van der Waals surface area contributed by atoms with Crippen molar-refractivity contribution >= 4 is 22.6 Å². The van der Waals surface area contributed by atoms with Crippen LogP contribution in [0.15, 0.2) is 60.7 Å². The predicted molar refractivity (Wildman–Crippen MR) is 145 cm³/mol. The largest absolute Gasteiger partial charge is 0.492 e. The maximum Gasteiger partial charge on any atom is 0.203 e. The lowest BCUT2D eigenvalue weighted by molar-refractivity contribution is 0.287. The summed E-state index contributed by atoms with van der Waals surface area (Å²) in [7, 11) is 0. The molecule has 4 rings (SSSR count). The Morgan fingerprint density at radius 2 is 1.58 bits per heavy atom. The molecule has 0 bridgehead atoms. The molecular formula is C29H34ClFN4O. The molecule has 0 aliphatic heterocycles. The fourth-order valence-corrected chi connectivity index (χ4v) is 4.82. The van der Waals surface area contributed by atoms with Gasteiger partial charge in [-0.15, -0.1) is 0 Å². The van der Waals surface area contributed by atoms with Gasteiger partial charge in [-0.1, -0.05) is 49.7 Å². The van der Waals surface area contributed by atoms with Gasteiger partial charge in [-0.25, -0.2) is 4.39 Å². The average molecular weight is 509 g/mol. The van der Waals surface area contributed by atoms with Crippen LogP contribution in [0.25, 0.3) is 22.2 Å². The summed E-state index contributed by atoms with van der Waals surface area (Å²) in [6, 6.07) is 18.6. The van der Waals surface area contributed by atoms with E-state index in [4.69, 9.17) is 21.7 Å². The molecule has 36 heavy (non-hydrogen) atoms. The molecule has 190 valence electrons. The van der Waals surface area contributed by atoms with Gasteiger partial charge in [-0.3, -0.25) is 5.41 Å². The molecule has 0 saturated heterocycles. The van der Waals surface area contributed by atoms with Crippen molar-refractivity contribution in [2.75, 3.05) is 26.2 Å². The van der Waals surface area contributed by atoms with Gasteiger partial charge < -0.3 is 18.8 Å². The molecule has 0 aliphatic carbocycles. The molecule has 0 amide bonds. The van der Waals surface area contributed by atoms with E-state index in [1.54, 1.807) is 12.1 Å². The number of likely N-dealkylation sites (N-methyl/N-ethyl adjacent to an activating group) is 1. The van der Waals surface area contributed by atoms with Crippen LogP contribution >= 0.6 is 11.6 Å². The molecule has 1 heterocycles. The van der Waals surface area contributed by atoms with Gasteiger partial charge in [0.1, 0.15) is 11.6 Å². The van der Waals surface area contributed by atoms with Crippen molar-refractivity contribution in [3.8, 4) is 16.9 Å². The van der Waals surface area contributed by atoms with Crippen LogP contribution in [0.5, 0.6) is 5.75 Å². The van der Waals surface area contributed by atoms with Crippen molar-refractivity contribution in [2.45, 2.75) is 40.3 Å². The van der Waals surface area contributed by atoms with E-state index in [2.05, 4.69) is 35.4 Å². The van der Waals surface area contributed by atoms with Gasteiger partial charge in [0.2, 0.25) is 5.62 Å². The highest BCUT2D eigenvalue weighted by atomic mass is 35.5. The molecular weight excluding hydrogens is 475 g/mol. The summed E-state index contributed by atoms with van der Waals surface area (Å²) in [4.78, 5) is 2.36. The highest BCUT2D eigenvalue weighted by Gasteiger charge is 2.14. The summed E-state index contributed by atoms with van der Waals surface area (Å²) >= 11 is 6.30. The highest BCUT2D eigenvalue weighted by molar-refractivity contribution is 6.32. The molecule has 0 fully saturated rings. The lowest BCUT2D eigenvalue weighted by atomic mass is 10.1. The number of aromatic nitrogens is 2. The van der Waals surface area contributed by atoms with E-state index in [-0.39, 0.29) is 5.82 Å². The number of nitrogens with zero attached hydrogens (tertiary/aromatic N) is 3. The molecule has 5 nitrogen and oxygen atoms in total. The Hall–Kier alpha value is -3.09. The lowest BCUT2D eigenvalue weighted by Gasteiger charge is -2.18. The topological polar surface area (TPSA) is 46.2 Å². The number of ether oxygens (including phenoxy) is 1. The van der Waals surface area contributed by atoms with Gasteiger partial charge >= 0.3 is 0 Å². The second-order valence-electron chi connectivity index (χ2n) is 9.00. The first kappa shape index (κ1) is 26.0. The first-order valence-electron chi connectivity index (χ1n) is 12.6. The highest BCUT2D eigenvalue weighted by Crippen LogP contribution is 2.26. The van der Waals surface area contributed by atoms with Crippen LogP contribution in [-0.2, 0) is 13.1 Å². The Labute approximate surface area is 217 Å². The lowest BCUT2D eigenvalue weighted by Crippen LogP contribution is -2.32. The molecule has 0 radical (unpaired) electrons. The van der Waals surface area contributed by atoms with E-state index in [1.165, 1.54) is 12.1 Å². The third-order valence-corrected chi connectivity index (χ3v) is 6.95. The van der Waals surface area contributed by atoms with Crippen LogP contribution < -0.4 is 10.4 Å². The number of imidazole rings is 1. The van der Waals surface area contributed by atoms with Crippen LogP contribution in [0.1, 0.15) is 25.8 Å². The fourth-order valence-electron chi connectivity index (χ4n) is 4.53.